The normalized spacial score (nSPS) is 12.9. The number of alkyl halides is 3. The topological polar surface area (TPSA) is 53.3 Å². The SMILES string of the molecule is CC(OCCC(=O)N(C)CCC#N)C(F)(F)F. The van der Waals surface area contributed by atoms with Crippen LogP contribution < -0.4 is 0 Å². The van der Waals surface area contributed by atoms with Gasteiger partial charge in [0.25, 0.3) is 0 Å². The Morgan fingerprint density at radius 2 is 2.12 bits per heavy atom. The molecule has 98 valence electrons. The van der Waals surface area contributed by atoms with Crippen molar-refractivity contribution in [3.8, 4) is 6.07 Å². The molecule has 1 atom stereocenters. The Morgan fingerprint density at radius 3 is 2.59 bits per heavy atom. The number of nitriles is 1. The van der Waals surface area contributed by atoms with E-state index >= 15 is 0 Å². The monoisotopic (exact) mass is 252 g/mol. The van der Waals surface area contributed by atoms with Crippen LogP contribution in [0.5, 0.6) is 0 Å². The Morgan fingerprint density at radius 1 is 1.53 bits per heavy atom. The molecular weight excluding hydrogens is 237 g/mol. The second-order valence-electron chi connectivity index (χ2n) is 3.53. The van der Waals surface area contributed by atoms with Gasteiger partial charge in [0.05, 0.1) is 25.5 Å². The number of carbonyl (C=O) groups excluding carboxylic acids is 1. The van der Waals surface area contributed by atoms with E-state index in [0.717, 1.165) is 6.92 Å². The van der Waals surface area contributed by atoms with E-state index in [-0.39, 0.29) is 31.9 Å². The summed E-state index contributed by atoms with van der Waals surface area (Å²) in [6.45, 7) is 0.879. The predicted molar refractivity (Wildman–Crippen MR) is 54.0 cm³/mol. The molecular formula is C10H15F3N2O2. The molecule has 0 radical (unpaired) electrons. The molecule has 0 N–H and O–H groups in total. The van der Waals surface area contributed by atoms with Gasteiger partial charge in [0.2, 0.25) is 5.91 Å². The van der Waals surface area contributed by atoms with Gasteiger partial charge in [-0.1, -0.05) is 0 Å². The maximum absolute atomic E-state index is 12.0. The van der Waals surface area contributed by atoms with E-state index in [4.69, 9.17) is 5.26 Å². The Hall–Kier alpha value is -1.29. The molecule has 0 aliphatic rings. The number of halogens is 3. The molecule has 0 fully saturated rings. The summed E-state index contributed by atoms with van der Waals surface area (Å²) in [4.78, 5) is 12.6. The first kappa shape index (κ1) is 15.7. The molecule has 0 aromatic heterocycles. The summed E-state index contributed by atoms with van der Waals surface area (Å²) >= 11 is 0. The zero-order chi connectivity index (χ0) is 13.5. The van der Waals surface area contributed by atoms with Crippen LogP contribution in [0.15, 0.2) is 0 Å². The summed E-state index contributed by atoms with van der Waals surface area (Å²) in [7, 11) is 1.49. The van der Waals surface area contributed by atoms with Gasteiger partial charge in [-0.3, -0.25) is 4.79 Å². The summed E-state index contributed by atoms with van der Waals surface area (Å²) in [6, 6.07) is 1.87. The lowest BCUT2D eigenvalue weighted by atomic mass is 10.3. The van der Waals surface area contributed by atoms with Crippen molar-refractivity contribution in [1.82, 2.24) is 4.90 Å². The lowest BCUT2D eigenvalue weighted by Crippen LogP contribution is -2.32. The van der Waals surface area contributed by atoms with Crippen LogP contribution in [0, 0.1) is 11.3 Å². The molecule has 0 aliphatic carbocycles. The van der Waals surface area contributed by atoms with Gasteiger partial charge in [0.1, 0.15) is 0 Å². The number of rotatable bonds is 6. The van der Waals surface area contributed by atoms with Crippen LogP contribution in [0.3, 0.4) is 0 Å². The molecule has 0 aromatic carbocycles. The smallest absolute Gasteiger partial charge is 0.369 e. The Labute approximate surface area is 97.9 Å². The van der Waals surface area contributed by atoms with Gasteiger partial charge >= 0.3 is 6.18 Å². The summed E-state index contributed by atoms with van der Waals surface area (Å²) in [5.41, 5.74) is 0. The van der Waals surface area contributed by atoms with Gasteiger partial charge in [-0.15, -0.1) is 0 Å². The van der Waals surface area contributed by atoms with E-state index in [9.17, 15) is 18.0 Å². The first-order valence-electron chi connectivity index (χ1n) is 5.08. The minimum atomic E-state index is -4.41. The zero-order valence-electron chi connectivity index (χ0n) is 9.75. The van der Waals surface area contributed by atoms with E-state index in [1.165, 1.54) is 11.9 Å². The minimum Gasteiger partial charge on any atom is -0.369 e. The summed E-state index contributed by atoms with van der Waals surface area (Å²) in [5.74, 6) is -0.338. The highest BCUT2D eigenvalue weighted by Crippen LogP contribution is 2.22. The highest BCUT2D eigenvalue weighted by Gasteiger charge is 2.36. The Kier molecular flexibility index (Phi) is 6.58. The number of amides is 1. The van der Waals surface area contributed by atoms with Crippen LogP contribution in [0.4, 0.5) is 13.2 Å². The lowest BCUT2D eigenvalue weighted by molar-refractivity contribution is -0.214. The van der Waals surface area contributed by atoms with E-state index in [1.807, 2.05) is 6.07 Å². The van der Waals surface area contributed by atoms with Gasteiger partial charge in [-0.05, 0) is 6.92 Å². The fourth-order valence-electron chi connectivity index (χ4n) is 0.951. The van der Waals surface area contributed by atoms with Crippen molar-refractivity contribution >= 4 is 5.91 Å². The molecule has 17 heavy (non-hydrogen) atoms. The van der Waals surface area contributed by atoms with E-state index in [0.29, 0.717) is 0 Å². The molecule has 0 aliphatic heterocycles. The lowest BCUT2D eigenvalue weighted by Gasteiger charge is -2.18. The van der Waals surface area contributed by atoms with Crippen molar-refractivity contribution in [3.63, 3.8) is 0 Å². The van der Waals surface area contributed by atoms with Gasteiger partial charge in [0, 0.05) is 13.6 Å². The molecule has 0 saturated heterocycles. The van der Waals surface area contributed by atoms with Gasteiger partial charge in [-0.2, -0.15) is 18.4 Å². The van der Waals surface area contributed by atoms with Crippen molar-refractivity contribution in [2.45, 2.75) is 32.0 Å². The van der Waals surface area contributed by atoms with E-state index in [2.05, 4.69) is 4.74 Å². The maximum atomic E-state index is 12.0. The highest BCUT2D eigenvalue weighted by atomic mass is 19.4. The van der Waals surface area contributed by atoms with Crippen molar-refractivity contribution < 1.29 is 22.7 Å². The van der Waals surface area contributed by atoms with Gasteiger partial charge in [-0.25, -0.2) is 0 Å². The van der Waals surface area contributed by atoms with E-state index < -0.39 is 12.3 Å². The predicted octanol–water partition coefficient (Wildman–Crippen LogP) is 1.72. The summed E-state index contributed by atoms with van der Waals surface area (Å²) in [6.07, 6.45) is -6.21. The van der Waals surface area contributed by atoms with Crippen LogP contribution >= 0.6 is 0 Å². The zero-order valence-corrected chi connectivity index (χ0v) is 9.75. The Balaban J connectivity index is 3.82. The minimum absolute atomic E-state index is 0.123. The fourth-order valence-corrected chi connectivity index (χ4v) is 0.951. The molecule has 0 rings (SSSR count). The first-order chi connectivity index (χ1) is 7.79. The van der Waals surface area contributed by atoms with Crippen molar-refractivity contribution in [3.05, 3.63) is 0 Å². The van der Waals surface area contributed by atoms with E-state index in [1.54, 1.807) is 0 Å². The van der Waals surface area contributed by atoms with Gasteiger partial charge < -0.3 is 9.64 Å². The second kappa shape index (κ2) is 7.12. The largest absolute Gasteiger partial charge is 0.414 e. The number of nitrogens with zero attached hydrogens (tertiary/aromatic N) is 2. The Bertz CT molecular complexity index is 286. The molecule has 0 spiro atoms. The maximum Gasteiger partial charge on any atom is 0.414 e. The number of carbonyl (C=O) groups is 1. The number of hydrogen-bond donors (Lipinski definition) is 0. The third-order valence-electron chi connectivity index (χ3n) is 2.13. The molecule has 1 unspecified atom stereocenters. The molecule has 0 aromatic rings. The van der Waals surface area contributed by atoms with Crippen LogP contribution in [-0.4, -0.2) is 43.3 Å². The summed E-state index contributed by atoms with van der Waals surface area (Å²) < 4.78 is 40.6. The molecule has 0 saturated carbocycles. The number of hydrogen-bond acceptors (Lipinski definition) is 3. The third-order valence-corrected chi connectivity index (χ3v) is 2.13. The molecule has 0 heterocycles. The molecule has 7 heteroatoms. The van der Waals surface area contributed by atoms with Crippen LogP contribution in [0.25, 0.3) is 0 Å². The van der Waals surface area contributed by atoms with Crippen LogP contribution in [0.1, 0.15) is 19.8 Å². The quantitative estimate of drug-likeness (QED) is 0.723. The first-order valence-corrected chi connectivity index (χ1v) is 5.08. The van der Waals surface area contributed by atoms with Crippen LogP contribution in [-0.2, 0) is 9.53 Å². The van der Waals surface area contributed by atoms with Crippen molar-refractivity contribution in [2.24, 2.45) is 0 Å². The fraction of sp³-hybridized carbons (Fsp3) is 0.800. The second-order valence-corrected chi connectivity index (χ2v) is 3.53. The van der Waals surface area contributed by atoms with Crippen LogP contribution in [0.2, 0.25) is 0 Å². The third kappa shape index (κ3) is 6.79. The molecule has 1 amide bonds. The highest BCUT2D eigenvalue weighted by molar-refractivity contribution is 5.75. The van der Waals surface area contributed by atoms with Crippen molar-refractivity contribution in [1.29, 1.82) is 5.26 Å². The average molecular weight is 252 g/mol. The van der Waals surface area contributed by atoms with Gasteiger partial charge in [0.15, 0.2) is 6.10 Å². The number of ether oxygens (including phenoxy) is 1. The van der Waals surface area contributed by atoms with Crippen molar-refractivity contribution in [2.75, 3.05) is 20.2 Å². The average Bonchev–Trinajstić information content (AvgIpc) is 2.24. The standard InChI is InChI=1S/C10H15F3N2O2/c1-8(10(11,12)13)17-7-4-9(16)15(2)6-3-5-14/h8H,3-4,6-7H2,1-2H3. The molecule has 4 nitrogen and oxygen atoms in total. The molecule has 0 bridgehead atoms. The summed E-state index contributed by atoms with van der Waals surface area (Å²) in [5, 5.41) is 8.30.